The van der Waals surface area contributed by atoms with Crippen molar-refractivity contribution in [3.63, 3.8) is 0 Å². The summed E-state index contributed by atoms with van der Waals surface area (Å²) >= 11 is 0. The molecule has 12 heteroatoms. The zero-order chi connectivity index (χ0) is 32.1. The van der Waals surface area contributed by atoms with E-state index < -0.39 is 71.7 Å². The van der Waals surface area contributed by atoms with Gasteiger partial charge < -0.3 is 33.9 Å². The number of ether oxygens (including phenoxy) is 5. The minimum atomic E-state index is -1.40. The van der Waals surface area contributed by atoms with Crippen LogP contribution in [0.5, 0.6) is 0 Å². The number of hydrogen-bond acceptors (Lipinski definition) is 12. The summed E-state index contributed by atoms with van der Waals surface area (Å²) in [6, 6.07) is 0. The van der Waals surface area contributed by atoms with Crippen molar-refractivity contribution in [2.24, 2.45) is 11.3 Å². The van der Waals surface area contributed by atoms with E-state index in [0.717, 1.165) is 13.8 Å². The third-order valence-corrected chi connectivity index (χ3v) is 7.63. The second-order valence-electron chi connectivity index (χ2n) is 11.3. The van der Waals surface area contributed by atoms with E-state index in [1.54, 1.807) is 20.8 Å². The van der Waals surface area contributed by atoms with Crippen LogP contribution in [0.3, 0.4) is 0 Å². The predicted molar refractivity (Wildman–Crippen MR) is 147 cm³/mol. The number of carbonyl (C=O) groups is 5. The molecule has 0 aliphatic heterocycles. The fourth-order valence-electron chi connectivity index (χ4n) is 5.70. The van der Waals surface area contributed by atoms with Gasteiger partial charge in [-0.05, 0) is 48.5 Å². The highest BCUT2D eigenvalue weighted by Gasteiger charge is 2.50. The van der Waals surface area contributed by atoms with Crippen molar-refractivity contribution in [1.29, 1.82) is 0 Å². The van der Waals surface area contributed by atoms with E-state index in [1.807, 2.05) is 0 Å². The van der Waals surface area contributed by atoms with Crippen molar-refractivity contribution >= 4 is 29.8 Å². The Kier molecular flexibility index (Phi) is 11.7. The van der Waals surface area contributed by atoms with Crippen molar-refractivity contribution in [3.8, 4) is 0 Å². The standard InChI is InChI=1S/C30H42O12/c1-14-23(36)11-22-26(40-18(5)33)10-21(13-38-16(3)31)24(37)12-25(39-17(4)32)15(2)28(41-19(6)34)29(42-20(7)35)27(14)30(22,8)9/h10,22-26,29,36-37H,11-13H2,1-9H3/b21-10+,28-15-/t22-,23-,24-,25-,26-,29+/m0/s1. The van der Waals surface area contributed by atoms with Gasteiger partial charge in [-0.3, -0.25) is 24.0 Å². The van der Waals surface area contributed by atoms with Gasteiger partial charge in [-0.2, -0.15) is 0 Å². The normalized spacial score (nSPS) is 30.9. The molecule has 2 rings (SSSR count). The molecule has 2 aliphatic carbocycles. The summed E-state index contributed by atoms with van der Waals surface area (Å²) in [5, 5.41) is 22.6. The number of rotatable bonds is 6. The van der Waals surface area contributed by atoms with E-state index in [4.69, 9.17) is 23.7 Å². The van der Waals surface area contributed by atoms with Crippen LogP contribution in [0.15, 0.2) is 34.1 Å². The minimum absolute atomic E-state index is 0.113. The van der Waals surface area contributed by atoms with Crippen LogP contribution in [0.25, 0.3) is 0 Å². The second kappa shape index (κ2) is 14.1. The third kappa shape index (κ3) is 8.51. The summed E-state index contributed by atoms with van der Waals surface area (Å²) < 4.78 is 27.9. The van der Waals surface area contributed by atoms with Gasteiger partial charge in [-0.1, -0.05) is 13.8 Å². The van der Waals surface area contributed by atoms with E-state index in [2.05, 4.69) is 0 Å². The van der Waals surface area contributed by atoms with E-state index in [0.29, 0.717) is 11.1 Å². The van der Waals surface area contributed by atoms with Crippen molar-refractivity contribution < 1.29 is 57.9 Å². The molecule has 2 aliphatic rings. The first kappa shape index (κ1) is 34.7. The molecule has 0 aromatic rings. The molecule has 0 saturated carbocycles. The lowest BCUT2D eigenvalue weighted by Crippen LogP contribution is -2.48. The van der Waals surface area contributed by atoms with E-state index in [1.165, 1.54) is 33.8 Å². The fourth-order valence-corrected chi connectivity index (χ4v) is 5.70. The summed E-state index contributed by atoms with van der Waals surface area (Å²) in [6.45, 7) is 12.3. The first-order chi connectivity index (χ1) is 19.4. The molecule has 0 radical (unpaired) electrons. The van der Waals surface area contributed by atoms with Crippen LogP contribution in [-0.2, 0) is 47.7 Å². The van der Waals surface area contributed by atoms with E-state index >= 15 is 0 Å². The molecule has 0 heterocycles. The van der Waals surface area contributed by atoms with Gasteiger partial charge >= 0.3 is 29.8 Å². The molecule has 0 spiro atoms. The van der Waals surface area contributed by atoms with Crippen LogP contribution in [0.4, 0.5) is 0 Å². The SMILES string of the molecule is CC(=O)OC/C1=C\[C@H](OC(C)=O)[C@@H]2C[C@H](O)C(C)=C([C@@H](OC(C)=O)/C(OC(C)=O)=C(\C)[C@@H](OC(C)=O)C[C@@H]1O)C2(C)C. The zero-order valence-electron chi connectivity index (χ0n) is 25.6. The third-order valence-electron chi connectivity index (χ3n) is 7.63. The quantitative estimate of drug-likeness (QED) is 0.262. The highest BCUT2D eigenvalue weighted by atomic mass is 16.6. The molecule has 0 aromatic heterocycles. The molecule has 0 amide bonds. The van der Waals surface area contributed by atoms with Crippen LogP contribution < -0.4 is 0 Å². The average Bonchev–Trinajstić information content (AvgIpc) is 2.83. The Balaban J connectivity index is 3.06. The summed E-state index contributed by atoms with van der Waals surface area (Å²) in [7, 11) is 0. The summed E-state index contributed by atoms with van der Waals surface area (Å²) in [6.07, 6.45) is -4.79. The number of esters is 5. The monoisotopic (exact) mass is 594 g/mol. The van der Waals surface area contributed by atoms with E-state index in [9.17, 15) is 34.2 Å². The maximum Gasteiger partial charge on any atom is 0.307 e. The van der Waals surface area contributed by atoms with E-state index in [-0.39, 0.29) is 36.4 Å². The summed E-state index contributed by atoms with van der Waals surface area (Å²) in [5.41, 5.74) is 0.172. The number of aliphatic hydroxyl groups excluding tert-OH is 2. The van der Waals surface area contributed by atoms with Gasteiger partial charge in [0.2, 0.25) is 0 Å². The molecule has 0 aromatic carbocycles. The maximum atomic E-state index is 12.5. The smallest absolute Gasteiger partial charge is 0.307 e. The van der Waals surface area contributed by atoms with Gasteiger partial charge in [0.1, 0.15) is 18.8 Å². The van der Waals surface area contributed by atoms with Crippen molar-refractivity contribution in [1.82, 2.24) is 0 Å². The minimum Gasteiger partial charge on any atom is -0.461 e. The van der Waals surface area contributed by atoms with Crippen molar-refractivity contribution in [2.45, 2.75) is 106 Å². The largest absolute Gasteiger partial charge is 0.461 e. The molecular formula is C30H42O12. The molecule has 42 heavy (non-hydrogen) atoms. The summed E-state index contributed by atoms with van der Waals surface area (Å²) in [4.78, 5) is 61.0. The first-order valence-electron chi connectivity index (χ1n) is 13.7. The Bertz CT molecular complexity index is 1190. The first-order valence-corrected chi connectivity index (χ1v) is 13.7. The number of aliphatic hydroxyl groups is 2. The molecular weight excluding hydrogens is 552 g/mol. The van der Waals surface area contributed by atoms with Crippen molar-refractivity contribution in [2.75, 3.05) is 6.61 Å². The van der Waals surface area contributed by atoms with Crippen LogP contribution >= 0.6 is 0 Å². The molecule has 2 N–H and O–H groups in total. The van der Waals surface area contributed by atoms with Gasteiger partial charge in [0.15, 0.2) is 11.9 Å². The van der Waals surface area contributed by atoms with Gasteiger partial charge in [0.05, 0.1) is 12.2 Å². The Morgan fingerprint density at radius 3 is 1.86 bits per heavy atom. The topological polar surface area (TPSA) is 172 Å². The molecule has 2 bridgehead atoms. The van der Waals surface area contributed by atoms with Gasteiger partial charge in [0, 0.05) is 52.5 Å². The predicted octanol–water partition coefficient (Wildman–Crippen LogP) is 2.60. The number of carbonyl (C=O) groups excluding carboxylic acids is 5. The van der Waals surface area contributed by atoms with Gasteiger partial charge in [-0.25, -0.2) is 0 Å². The van der Waals surface area contributed by atoms with Crippen LogP contribution in [-0.4, -0.2) is 77.2 Å². The maximum absolute atomic E-state index is 12.5. The van der Waals surface area contributed by atoms with Gasteiger partial charge in [0.25, 0.3) is 0 Å². The Hall–Kier alpha value is -3.51. The highest BCUT2D eigenvalue weighted by Crippen LogP contribution is 2.51. The van der Waals surface area contributed by atoms with Crippen LogP contribution in [0, 0.1) is 11.3 Å². The molecule has 0 unspecified atom stereocenters. The lowest BCUT2D eigenvalue weighted by molar-refractivity contribution is -0.153. The summed E-state index contributed by atoms with van der Waals surface area (Å²) in [5.74, 6) is -4.27. The number of hydrogen-bond donors (Lipinski definition) is 2. The molecule has 234 valence electrons. The molecule has 0 fully saturated rings. The Labute approximate surface area is 245 Å². The lowest BCUT2D eigenvalue weighted by atomic mass is 9.60. The Morgan fingerprint density at radius 2 is 1.36 bits per heavy atom. The second-order valence-corrected chi connectivity index (χ2v) is 11.3. The van der Waals surface area contributed by atoms with Crippen LogP contribution in [0.1, 0.15) is 75.2 Å². The van der Waals surface area contributed by atoms with Crippen LogP contribution in [0.2, 0.25) is 0 Å². The molecule has 6 atom stereocenters. The molecule has 0 saturated heterocycles. The number of fused-ring (bicyclic) bond motifs is 2. The lowest BCUT2D eigenvalue weighted by Gasteiger charge is -2.48. The molecule has 12 nitrogen and oxygen atoms in total. The Morgan fingerprint density at radius 1 is 0.786 bits per heavy atom. The fraction of sp³-hybridized carbons (Fsp3) is 0.633. The van der Waals surface area contributed by atoms with Gasteiger partial charge in [-0.15, -0.1) is 0 Å². The highest BCUT2D eigenvalue weighted by molar-refractivity contribution is 5.70. The van der Waals surface area contributed by atoms with Crippen molar-refractivity contribution in [3.05, 3.63) is 34.1 Å². The average molecular weight is 595 g/mol. The zero-order valence-corrected chi connectivity index (χ0v) is 25.6.